The van der Waals surface area contributed by atoms with E-state index in [9.17, 15) is 4.79 Å². The number of hydrogen-bond donors (Lipinski definition) is 2. The molecule has 4 nitrogen and oxygen atoms in total. The molecule has 0 aliphatic rings. The molecule has 0 fully saturated rings. The first kappa shape index (κ1) is 14.0. The zero-order valence-electron chi connectivity index (χ0n) is 11.2. The van der Waals surface area contributed by atoms with Gasteiger partial charge in [-0.3, -0.25) is 9.36 Å². The molecule has 2 aromatic carbocycles. The topological polar surface area (TPSA) is 49.8 Å². The second-order valence-corrected chi connectivity index (χ2v) is 5.83. The number of aromatic amines is 1. The summed E-state index contributed by atoms with van der Waals surface area (Å²) in [6.07, 6.45) is 0. The lowest BCUT2D eigenvalue weighted by Crippen LogP contribution is -2.21. The van der Waals surface area contributed by atoms with E-state index in [1.165, 1.54) is 4.57 Å². The summed E-state index contributed by atoms with van der Waals surface area (Å²) >= 11 is 8.76. The fraction of sp³-hybridized carbons (Fsp3) is 0.0667. The molecular weight excluding hydrogens is 350 g/mol. The van der Waals surface area contributed by atoms with Gasteiger partial charge in [0.15, 0.2) is 4.77 Å². The van der Waals surface area contributed by atoms with Crippen LogP contribution in [-0.4, -0.2) is 16.6 Å². The maximum Gasteiger partial charge on any atom is 0.266 e. The van der Waals surface area contributed by atoms with Gasteiger partial charge in [0.05, 0.1) is 22.3 Å². The molecule has 0 saturated carbocycles. The van der Waals surface area contributed by atoms with Crippen LogP contribution in [-0.2, 0) is 0 Å². The van der Waals surface area contributed by atoms with Gasteiger partial charge in [0.2, 0.25) is 0 Å². The smallest absolute Gasteiger partial charge is 0.266 e. The van der Waals surface area contributed by atoms with Crippen LogP contribution in [0.4, 0.5) is 5.69 Å². The molecule has 6 heteroatoms. The van der Waals surface area contributed by atoms with Gasteiger partial charge >= 0.3 is 0 Å². The number of H-pyrrole nitrogens is 1. The average Bonchev–Trinajstić information content (AvgIpc) is 2.47. The molecule has 0 spiro atoms. The molecule has 3 aromatic rings. The highest BCUT2D eigenvalue weighted by Crippen LogP contribution is 2.20. The molecule has 3 rings (SSSR count). The first-order valence-electron chi connectivity index (χ1n) is 6.33. The molecule has 0 aliphatic carbocycles. The maximum atomic E-state index is 12.8. The predicted molar refractivity (Wildman–Crippen MR) is 92.0 cm³/mol. The van der Waals surface area contributed by atoms with Gasteiger partial charge in [-0.2, -0.15) is 0 Å². The quantitative estimate of drug-likeness (QED) is 0.681. The van der Waals surface area contributed by atoms with Crippen LogP contribution >= 0.6 is 28.1 Å². The van der Waals surface area contributed by atoms with Gasteiger partial charge in [0.25, 0.3) is 5.56 Å². The molecule has 0 bridgehead atoms. The minimum atomic E-state index is -0.135. The van der Waals surface area contributed by atoms with E-state index in [4.69, 9.17) is 12.2 Å². The van der Waals surface area contributed by atoms with Gasteiger partial charge in [-0.15, -0.1) is 0 Å². The number of aromatic nitrogens is 2. The van der Waals surface area contributed by atoms with Crippen molar-refractivity contribution in [2.75, 3.05) is 12.4 Å². The van der Waals surface area contributed by atoms with E-state index < -0.39 is 0 Å². The van der Waals surface area contributed by atoms with Gasteiger partial charge in [0, 0.05) is 11.5 Å². The minimum absolute atomic E-state index is 0.135. The number of fused-ring (bicyclic) bond motifs is 1. The Labute approximate surface area is 134 Å². The van der Waals surface area contributed by atoms with Crippen LogP contribution in [0.25, 0.3) is 16.6 Å². The molecule has 0 amide bonds. The Balaban J connectivity index is 2.41. The Bertz CT molecular complexity index is 946. The number of hydrogen-bond acceptors (Lipinski definition) is 3. The van der Waals surface area contributed by atoms with E-state index in [0.29, 0.717) is 10.2 Å². The molecule has 106 valence electrons. The van der Waals surface area contributed by atoms with E-state index in [1.807, 2.05) is 43.4 Å². The Morgan fingerprint density at radius 3 is 2.76 bits per heavy atom. The monoisotopic (exact) mass is 361 g/mol. The van der Waals surface area contributed by atoms with Crippen molar-refractivity contribution in [3.63, 3.8) is 0 Å². The molecule has 0 aliphatic heterocycles. The van der Waals surface area contributed by atoms with E-state index in [2.05, 4.69) is 26.2 Å². The summed E-state index contributed by atoms with van der Waals surface area (Å²) in [4.78, 5) is 15.9. The fourth-order valence-corrected chi connectivity index (χ4v) is 2.94. The minimum Gasteiger partial charge on any atom is -0.386 e. The van der Waals surface area contributed by atoms with Crippen LogP contribution in [0.5, 0.6) is 0 Å². The summed E-state index contributed by atoms with van der Waals surface area (Å²) in [7, 11) is 1.81. The van der Waals surface area contributed by atoms with Gasteiger partial charge < -0.3 is 10.3 Å². The highest BCUT2D eigenvalue weighted by molar-refractivity contribution is 9.10. The largest absolute Gasteiger partial charge is 0.386 e. The molecule has 0 radical (unpaired) electrons. The van der Waals surface area contributed by atoms with Crippen LogP contribution in [0, 0.1) is 4.77 Å². The molecule has 0 saturated heterocycles. The van der Waals surface area contributed by atoms with Crippen molar-refractivity contribution in [1.82, 2.24) is 9.55 Å². The second-order valence-electron chi connectivity index (χ2n) is 4.53. The number of anilines is 1. The van der Waals surface area contributed by atoms with Crippen molar-refractivity contribution < 1.29 is 0 Å². The SMILES string of the molecule is CNc1ccccc1-n1c(=S)[nH]c2cc(Br)ccc2c1=O. The number of nitrogens with one attached hydrogen (secondary N) is 2. The van der Waals surface area contributed by atoms with Gasteiger partial charge in [-0.05, 0) is 42.5 Å². The third-order valence-corrected chi connectivity index (χ3v) is 4.05. The highest BCUT2D eigenvalue weighted by Gasteiger charge is 2.10. The third-order valence-electron chi connectivity index (χ3n) is 3.27. The zero-order chi connectivity index (χ0) is 15.0. The zero-order valence-corrected chi connectivity index (χ0v) is 13.6. The van der Waals surface area contributed by atoms with Crippen molar-refractivity contribution in [3.05, 3.63) is 62.1 Å². The number of rotatable bonds is 2. The lowest BCUT2D eigenvalue weighted by Gasteiger charge is -2.12. The normalized spacial score (nSPS) is 10.8. The number of benzene rings is 2. The van der Waals surface area contributed by atoms with Crippen molar-refractivity contribution >= 4 is 44.7 Å². The standard InChI is InChI=1S/C15H12BrN3OS/c1-17-11-4-2-3-5-13(11)19-14(20)10-7-6-9(16)8-12(10)18-15(19)21/h2-8,17H,1H3,(H,18,21). The Kier molecular flexibility index (Phi) is 3.65. The lowest BCUT2D eigenvalue weighted by molar-refractivity contribution is 0.941. The van der Waals surface area contributed by atoms with Gasteiger partial charge in [-0.1, -0.05) is 28.1 Å². The summed E-state index contributed by atoms with van der Waals surface area (Å²) in [6, 6.07) is 13.0. The van der Waals surface area contributed by atoms with Crippen molar-refractivity contribution in [2.24, 2.45) is 0 Å². The van der Waals surface area contributed by atoms with Crippen LogP contribution in [0.3, 0.4) is 0 Å². The summed E-state index contributed by atoms with van der Waals surface area (Å²) in [5, 5.41) is 3.67. The molecule has 1 heterocycles. The van der Waals surface area contributed by atoms with Crippen molar-refractivity contribution in [1.29, 1.82) is 0 Å². The first-order chi connectivity index (χ1) is 10.1. The van der Waals surface area contributed by atoms with E-state index in [0.717, 1.165) is 21.4 Å². The molecule has 0 unspecified atom stereocenters. The van der Waals surface area contributed by atoms with Crippen LogP contribution in [0.1, 0.15) is 0 Å². The average molecular weight is 362 g/mol. The summed E-state index contributed by atoms with van der Waals surface area (Å²) in [5.74, 6) is 0. The second kappa shape index (κ2) is 5.46. The number of nitrogens with zero attached hydrogens (tertiary/aromatic N) is 1. The maximum absolute atomic E-state index is 12.8. The lowest BCUT2D eigenvalue weighted by atomic mass is 10.2. The number of halogens is 1. The van der Waals surface area contributed by atoms with Crippen LogP contribution in [0.15, 0.2) is 51.7 Å². The summed E-state index contributed by atoms with van der Waals surface area (Å²) in [6.45, 7) is 0. The van der Waals surface area contributed by atoms with E-state index >= 15 is 0 Å². The molecule has 0 atom stereocenters. The summed E-state index contributed by atoms with van der Waals surface area (Å²) < 4.78 is 2.78. The Morgan fingerprint density at radius 1 is 1.24 bits per heavy atom. The van der Waals surface area contributed by atoms with Crippen molar-refractivity contribution in [2.45, 2.75) is 0 Å². The third kappa shape index (κ3) is 2.41. The number of para-hydroxylation sites is 2. The van der Waals surface area contributed by atoms with Gasteiger partial charge in [0.1, 0.15) is 0 Å². The van der Waals surface area contributed by atoms with Crippen LogP contribution in [0.2, 0.25) is 0 Å². The molecule has 1 aromatic heterocycles. The Hall–Kier alpha value is -1.92. The summed E-state index contributed by atoms with van der Waals surface area (Å²) in [5.41, 5.74) is 2.16. The molecule has 2 N–H and O–H groups in total. The highest BCUT2D eigenvalue weighted by atomic mass is 79.9. The van der Waals surface area contributed by atoms with E-state index in [-0.39, 0.29) is 5.56 Å². The first-order valence-corrected chi connectivity index (χ1v) is 7.53. The van der Waals surface area contributed by atoms with Gasteiger partial charge in [-0.25, -0.2) is 0 Å². The molecule has 21 heavy (non-hydrogen) atoms. The Morgan fingerprint density at radius 2 is 2.00 bits per heavy atom. The van der Waals surface area contributed by atoms with Crippen LogP contribution < -0.4 is 10.9 Å². The predicted octanol–water partition coefficient (Wildman–Crippen LogP) is 3.85. The fourth-order valence-electron chi connectivity index (χ4n) is 2.29. The van der Waals surface area contributed by atoms with Crippen molar-refractivity contribution in [3.8, 4) is 5.69 Å². The molecular formula is C15H12BrN3OS. The van der Waals surface area contributed by atoms with E-state index in [1.54, 1.807) is 6.07 Å².